The number of para-hydroxylation sites is 4. The van der Waals surface area contributed by atoms with Crippen LogP contribution in [0.3, 0.4) is 0 Å². The second-order valence-corrected chi connectivity index (χ2v) is 18.6. The molecule has 0 atom stereocenters. The van der Waals surface area contributed by atoms with Crippen molar-refractivity contribution in [2.75, 3.05) is 4.81 Å². The number of fused-ring (bicyclic) bond motifs is 4. The summed E-state index contributed by atoms with van der Waals surface area (Å²) in [4.78, 5) is 6.81. The minimum absolute atomic E-state index is 0.0426. The van der Waals surface area contributed by atoms with E-state index >= 15 is 0 Å². The minimum Gasteiger partial charge on any atom is -0.174 e. The molecule has 6 nitrogen and oxygen atoms in total. The van der Waals surface area contributed by atoms with E-state index in [-0.39, 0.29) is 40.2 Å². The van der Waals surface area contributed by atoms with Crippen molar-refractivity contribution in [3.63, 3.8) is 0 Å². The molecule has 67 heavy (non-hydrogen) atoms. The average Bonchev–Trinajstić information content (AvgIpc) is 4.06. The summed E-state index contributed by atoms with van der Waals surface area (Å²) < 4.78 is 84.0. The molecule has 326 valence electrons. The summed E-state index contributed by atoms with van der Waals surface area (Å²) in [6.07, 6.45) is 0. The standard InChI is InChI=1S/C59H44BN5O.Pt/c1-40-35-36-45(62-39-63(52-31-14-13-30-51(52)62)57-46(41-19-7-5-8-20-41)26-16-27-47(57)42-21-15-22-43(37-42)59(2,3)4)38-54(40)66-56-34-18-33-55(61-56)64-53-32-17-28-49-48-25-11-12-29-50(48)65(58(49)53)60(64)44-23-9-6-10-24-44;/h5-31,33-37H,1-4H3;/q-2;/i1D3,6D,9D,10D,23D,24D;. The number of hydrogen-bond acceptors (Lipinski definition) is 3. The molecule has 4 heterocycles. The Kier molecular flexibility index (Phi) is 7.97. The van der Waals surface area contributed by atoms with Crippen LogP contribution in [0.5, 0.6) is 11.6 Å². The van der Waals surface area contributed by atoms with E-state index in [1.54, 1.807) is 41.2 Å². The zero-order valence-corrected chi connectivity index (χ0v) is 38.9. The third-order valence-corrected chi connectivity index (χ3v) is 13.6. The summed E-state index contributed by atoms with van der Waals surface area (Å²) in [7, 11) is 0. The monoisotopic (exact) mass is 1050 g/mol. The van der Waals surface area contributed by atoms with E-state index in [0.29, 0.717) is 17.2 Å². The molecule has 8 aromatic carbocycles. The number of aryl methyl sites for hydroxylation is 1. The second kappa shape index (κ2) is 16.1. The molecule has 11 aromatic rings. The topological polar surface area (TPSA) is 40.1 Å². The van der Waals surface area contributed by atoms with Gasteiger partial charge in [-0.15, -0.1) is 5.39 Å². The Morgan fingerprint density at radius 3 is 2.18 bits per heavy atom. The van der Waals surface area contributed by atoms with E-state index in [0.717, 1.165) is 64.6 Å². The van der Waals surface area contributed by atoms with E-state index in [4.69, 9.17) is 17.9 Å². The predicted octanol–water partition coefficient (Wildman–Crippen LogP) is 13.7. The number of pyridine rings is 1. The maximum absolute atomic E-state index is 9.19. The van der Waals surface area contributed by atoms with E-state index in [1.165, 1.54) is 5.56 Å². The number of hydrogen-bond donors (Lipinski definition) is 0. The first-order valence-electron chi connectivity index (χ1n) is 26.0. The van der Waals surface area contributed by atoms with Crippen LogP contribution < -0.4 is 15.0 Å². The third kappa shape index (κ3) is 6.83. The van der Waals surface area contributed by atoms with Gasteiger partial charge in [-0.25, -0.2) is 0 Å². The summed E-state index contributed by atoms with van der Waals surface area (Å²) in [5.41, 5.74) is 10.6. The zero-order chi connectivity index (χ0) is 52.2. The van der Waals surface area contributed by atoms with Crippen molar-refractivity contribution in [1.29, 1.82) is 0 Å². The van der Waals surface area contributed by atoms with Crippen LogP contribution in [0.2, 0.25) is 0 Å². The molecule has 0 radical (unpaired) electrons. The van der Waals surface area contributed by atoms with Gasteiger partial charge in [-0.1, -0.05) is 48.4 Å². The quantitative estimate of drug-likeness (QED) is 0.112. The Morgan fingerprint density at radius 2 is 1.39 bits per heavy atom. The number of imidazole rings is 1. The Balaban J connectivity index is 1.02. The molecular weight excluding hydrogens is 1000 g/mol. The van der Waals surface area contributed by atoms with Crippen LogP contribution in [-0.4, -0.2) is 25.6 Å². The van der Waals surface area contributed by atoms with Gasteiger partial charge >= 0.3 is 325 Å². The molecule has 0 fully saturated rings. The molecule has 0 aliphatic carbocycles. The average molecular weight is 1050 g/mol. The van der Waals surface area contributed by atoms with Gasteiger partial charge in [-0.2, -0.15) is 12.1 Å². The third-order valence-electron chi connectivity index (χ3n) is 12.5. The molecule has 0 spiro atoms. The van der Waals surface area contributed by atoms with E-state index in [1.807, 2.05) is 71.2 Å². The molecule has 0 unspecified atom stereocenters. The van der Waals surface area contributed by atoms with Crippen molar-refractivity contribution in [3.8, 4) is 45.3 Å². The Morgan fingerprint density at radius 1 is 0.687 bits per heavy atom. The van der Waals surface area contributed by atoms with Gasteiger partial charge in [0.05, 0.1) is 6.85 Å². The van der Waals surface area contributed by atoms with Crippen LogP contribution in [0.4, 0.5) is 11.5 Å². The fourth-order valence-corrected chi connectivity index (χ4v) is 10.6. The van der Waals surface area contributed by atoms with Crippen LogP contribution in [0.1, 0.15) is 42.9 Å². The van der Waals surface area contributed by atoms with E-state index in [9.17, 15) is 2.74 Å². The summed E-state index contributed by atoms with van der Waals surface area (Å²) in [6.45, 7) is 3.03. The van der Waals surface area contributed by atoms with Gasteiger partial charge in [0.15, 0.2) is 0 Å². The number of anilines is 2. The van der Waals surface area contributed by atoms with E-state index < -0.39 is 32.0 Å². The van der Waals surface area contributed by atoms with Crippen molar-refractivity contribution >= 4 is 56.8 Å². The summed E-state index contributed by atoms with van der Waals surface area (Å²) >= 11 is 2.35. The van der Waals surface area contributed by atoms with Crippen LogP contribution in [-0.2, 0) is 24.8 Å². The van der Waals surface area contributed by atoms with Gasteiger partial charge in [-0.05, 0) is 11.5 Å². The van der Waals surface area contributed by atoms with Crippen molar-refractivity contribution in [2.45, 2.75) is 33.0 Å². The van der Waals surface area contributed by atoms with Gasteiger partial charge in [0.25, 0.3) is 0 Å². The van der Waals surface area contributed by atoms with Gasteiger partial charge < -0.3 is 0 Å². The first-order valence-corrected chi connectivity index (χ1v) is 23.1. The minimum atomic E-state index is -2.62. The zero-order valence-electron chi connectivity index (χ0n) is 44.6. The molecule has 0 N–H and O–H groups in total. The van der Waals surface area contributed by atoms with Crippen molar-refractivity contribution < 1.29 is 35.1 Å². The van der Waals surface area contributed by atoms with Crippen LogP contribution in [0, 0.1) is 22.8 Å². The predicted molar refractivity (Wildman–Crippen MR) is 271 cm³/mol. The summed E-state index contributed by atoms with van der Waals surface area (Å²) in [6, 6.07) is 58.2. The normalized spacial score (nSPS) is 14.4. The molecule has 8 heteroatoms. The Bertz CT molecular complexity index is 4170. The fraction of sp³-hybridized carbons (Fsp3) is 0.0847. The summed E-state index contributed by atoms with van der Waals surface area (Å²) in [5.74, 6) is 0.290. The molecule has 1 aliphatic rings. The van der Waals surface area contributed by atoms with Gasteiger partial charge in [0.1, 0.15) is 0 Å². The number of aromatic nitrogens is 4. The fourth-order valence-electron chi connectivity index (χ4n) is 9.48. The maximum atomic E-state index is 9.19. The number of ether oxygens (including phenoxy) is 1. The van der Waals surface area contributed by atoms with Crippen molar-refractivity contribution in [1.82, 2.24) is 18.6 Å². The molecule has 0 amide bonds. The molecule has 0 bridgehead atoms. The molecule has 0 saturated heterocycles. The number of benzene rings is 8. The molecule has 1 aliphatic heterocycles. The van der Waals surface area contributed by atoms with Crippen LogP contribution in [0.25, 0.3) is 66.5 Å². The number of rotatable bonds is 8. The van der Waals surface area contributed by atoms with Crippen LogP contribution >= 0.6 is 0 Å². The van der Waals surface area contributed by atoms with E-state index in [2.05, 4.69) is 122 Å². The first kappa shape index (κ1) is 33.1. The molecule has 12 rings (SSSR count). The van der Waals surface area contributed by atoms with Gasteiger partial charge in [0, 0.05) is 5.52 Å². The smallest absolute Gasteiger partial charge is 0.174 e. The van der Waals surface area contributed by atoms with Gasteiger partial charge in [0.2, 0.25) is 0 Å². The van der Waals surface area contributed by atoms with Crippen LogP contribution in [0.15, 0.2) is 194 Å². The summed E-state index contributed by atoms with van der Waals surface area (Å²) in [5, 5.41) is 1.82. The SMILES string of the molecule is [2H]c1c([2H])c([2H])c(B2N(c3cccc(Oc4[c-]c(-n5[c](=[Pt])n(-c6c(-c7ccccc7)cccc6-c6cccc(C(C)(C)C)c6)c6ccccc65)ccc4C([2H])([2H])[2H])n3)c3[c-]ccc4c5ccccc5n2c34)c([2H])c1[2H]. The molecule has 0 saturated carbocycles. The molecular formula is C59H44BN5OPt-2. The van der Waals surface area contributed by atoms with Gasteiger partial charge in [-0.3, -0.25) is 0 Å². The molecule has 3 aromatic heterocycles. The number of nitrogens with zero attached hydrogens (tertiary/aromatic N) is 5. The van der Waals surface area contributed by atoms with Crippen molar-refractivity contribution in [3.05, 3.63) is 221 Å². The Hall–Kier alpha value is -7.47. The van der Waals surface area contributed by atoms with Crippen molar-refractivity contribution in [2.24, 2.45) is 0 Å². The first-order chi connectivity index (χ1) is 36.0. The Labute approximate surface area is 412 Å². The second-order valence-electron chi connectivity index (χ2n) is 17.6.